The summed E-state index contributed by atoms with van der Waals surface area (Å²) in [4.78, 5) is 24.3. The number of rotatable bonds is 6. The van der Waals surface area contributed by atoms with Crippen LogP contribution in [0.15, 0.2) is 48.5 Å². The molecule has 3 aromatic rings. The molecule has 1 aromatic heterocycles. The molecule has 0 aliphatic carbocycles. The molecule has 3 N–H and O–H groups in total. The minimum absolute atomic E-state index is 0.140. The summed E-state index contributed by atoms with van der Waals surface area (Å²) < 4.78 is 12.9. The number of para-hydroxylation sites is 1. The summed E-state index contributed by atoms with van der Waals surface area (Å²) >= 11 is 1.07. The topological polar surface area (TPSA) is 96.0 Å². The molecule has 0 bridgehead atoms. The zero-order valence-electron chi connectivity index (χ0n) is 15.0. The lowest BCUT2D eigenvalue weighted by atomic mass is 10.1. The van der Waals surface area contributed by atoms with Gasteiger partial charge in [-0.15, -0.1) is 10.2 Å². The SMILES string of the molecule is CCc1ccccc1NC(=O)NCc1nnc(C(=O)Nc2ccc(F)cc2)s1. The monoisotopic (exact) mass is 399 g/mol. The Kier molecular flexibility index (Phi) is 6.28. The van der Waals surface area contributed by atoms with Crippen LogP contribution in [0.2, 0.25) is 0 Å². The average molecular weight is 399 g/mol. The number of aryl methyl sites for hydroxylation is 1. The van der Waals surface area contributed by atoms with Crippen LogP contribution in [0.4, 0.5) is 20.6 Å². The van der Waals surface area contributed by atoms with Gasteiger partial charge in [-0.25, -0.2) is 9.18 Å². The molecule has 0 fully saturated rings. The first kappa shape index (κ1) is 19.4. The van der Waals surface area contributed by atoms with Crippen LogP contribution in [-0.4, -0.2) is 22.1 Å². The van der Waals surface area contributed by atoms with E-state index >= 15 is 0 Å². The molecule has 1 heterocycles. The minimum Gasteiger partial charge on any atom is -0.331 e. The van der Waals surface area contributed by atoms with Crippen LogP contribution >= 0.6 is 11.3 Å². The number of carbonyl (C=O) groups excluding carboxylic acids is 2. The van der Waals surface area contributed by atoms with Gasteiger partial charge in [-0.05, 0) is 42.3 Å². The van der Waals surface area contributed by atoms with Gasteiger partial charge in [0.15, 0.2) is 0 Å². The second-order valence-electron chi connectivity index (χ2n) is 5.78. The van der Waals surface area contributed by atoms with Crippen molar-refractivity contribution in [3.63, 3.8) is 0 Å². The number of nitrogens with zero attached hydrogens (tertiary/aromatic N) is 2. The van der Waals surface area contributed by atoms with E-state index < -0.39 is 5.91 Å². The van der Waals surface area contributed by atoms with Crippen molar-refractivity contribution in [2.45, 2.75) is 19.9 Å². The molecule has 7 nitrogen and oxygen atoms in total. The number of urea groups is 1. The highest BCUT2D eigenvalue weighted by Crippen LogP contribution is 2.16. The van der Waals surface area contributed by atoms with Crippen molar-refractivity contribution in [3.8, 4) is 0 Å². The predicted octanol–water partition coefficient (Wildman–Crippen LogP) is 3.81. The molecule has 0 unspecified atom stereocenters. The number of carbonyl (C=O) groups is 2. The largest absolute Gasteiger partial charge is 0.331 e. The van der Waals surface area contributed by atoms with Crippen LogP contribution in [0.1, 0.15) is 27.3 Å². The molecule has 3 amide bonds. The van der Waals surface area contributed by atoms with Crippen LogP contribution in [0, 0.1) is 5.82 Å². The number of halogens is 1. The molecule has 0 atom stereocenters. The number of hydrogen-bond acceptors (Lipinski definition) is 5. The van der Waals surface area contributed by atoms with Gasteiger partial charge >= 0.3 is 6.03 Å². The molecule has 0 saturated carbocycles. The van der Waals surface area contributed by atoms with Gasteiger partial charge in [0.25, 0.3) is 5.91 Å². The van der Waals surface area contributed by atoms with Gasteiger partial charge in [-0.2, -0.15) is 0 Å². The minimum atomic E-state index is -0.448. The molecule has 144 valence electrons. The fraction of sp³-hybridized carbons (Fsp3) is 0.158. The molecule has 0 aliphatic rings. The number of aromatic nitrogens is 2. The van der Waals surface area contributed by atoms with E-state index in [9.17, 15) is 14.0 Å². The first-order valence-electron chi connectivity index (χ1n) is 8.57. The lowest BCUT2D eigenvalue weighted by molar-refractivity contribution is 0.102. The summed E-state index contributed by atoms with van der Waals surface area (Å²) in [6, 6.07) is 12.6. The van der Waals surface area contributed by atoms with E-state index in [0.29, 0.717) is 10.7 Å². The summed E-state index contributed by atoms with van der Waals surface area (Å²) in [6.07, 6.45) is 0.805. The lowest BCUT2D eigenvalue weighted by Crippen LogP contribution is -2.28. The molecule has 0 saturated heterocycles. The molecule has 9 heteroatoms. The van der Waals surface area contributed by atoms with E-state index in [2.05, 4.69) is 26.1 Å². The van der Waals surface area contributed by atoms with Crippen LogP contribution in [0.25, 0.3) is 0 Å². The molecular weight excluding hydrogens is 381 g/mol. The van der Waals surface area contributed by atoms with Crippen LogP contribution < -0.4 is 16.0 Å². The second kappa shape index (κ2) is 9.05. The van der Waals surface area contributed by atoms with Gasteiger partial charge in [-0.1, -0.05) is 36.5 Å². The highest BCUT2D eigenvalue weighted by Gasteiger charge is 2.14. The van der Waals surface area contributed by atoms with Gasteiger partial charge < -0.3 is 16.0 Å². The first-order valence-corrected chi connectivity index (χ1v) is 9.39. The van der Waals surface area contributed by atoms with Gasteiger partial charge in [0.2, 0.25) is 5.01 Å². The van der Waals surface area contributed by atoms with E-state index in [-0.39, 0.29) is 23.4 Å². The summed E-state index contributed by atoms with van der Waals surface area (Å²) in [5, 5.41) is 16.5. The zero-order chi connectivity index (χ0) is 19.9. The van der Waals surface area contributed by atoms with Crippen molar-refractivity contribution in [2.24, 2.45) is 0 Å². The van der Waals surface area contributed by atoms with Gasteiger partial charge in [-0.3, -0.25) is 4.79 Å². The molecule has 0 spiro atoms. The third-order valence-electron chi connectivity index (χ3n) is 3.81. The van der Waals surface area contributed by atoms with E-state index in [0.717, 1.165) is 29.0 Å². The summed E-state index contributed by atoms with van der Waals surface area (Å²) in [7, 11) is 0. The van der Waals surface area contributed by atoms with Crippen LogP contribution in [0.3, 0.4) is 0 Å². The maximum Gasteiger partial charge on any atom is 0.319 e. The van der Waals surface area contributed by atoms with Crippen LogP contribution in [-0.2, 0) is 13.0 Å². The highest BCUT2D eigenvalue weighted by molar-refractivity contribution is 7.13. The molecule has 2 aromatic carbocycles. The van der Waals surface area contributed by atoms with E-state index in [4.69, 9.17) is 0 Å². The number of hydrogen-bond donors (Lipinski definition) is 3. The normalized spacial score (nSPS) is 10.4. The Bertz CT molecular complexity index is 974. The van der Waals surface area contributed by atoms with E-state index in [1.165, 1.54) is 24.3 Å². The van der Waals surface area contributed by atoms with Crippen LogP contribution in [0.5, 0.6) is 0 Å². The number of nitrogens with one attached hydrogen (secondary N) is 3. The standard InChI is InChI=1S/C19H18FN5O2S/c1-2-12-5-3-4-6-15(12)23-19(27)21-11-16-24-25-18(28-16)17(26)22-14-9-7-13(20)8-10-14/h3-10H,2,11H2,1H3,(H,22,26)(H2,21,23,27). The van der Waals surface area contributed by atoms with Crippen molar-refractivity contribution in [1.29, 1.82) is 0 Å². The van der Waals surface area contributed by atoms with Gasteiger partial charge in [0.1, 0.15) is 10.8 Å². The molecular formula is C19H18FN5O2S. The number of anilines is 2. The Morgan fingerprint density at radius 3 is 2.54 bits per heavy atom. The average Bonchev–Trinajstić information content (AvgIpc) is 3.18. The smallest absolute Gasteiger partial charge is 0.319 e. The van der Waals surface area contributed by atoms with Crippen molar-refractivity contribution < 1.29 is 14.0 Å². The number of benzene rings is 2. The molecule has 3 rings (SSSR count). The van der Waals surface area contributed by atoms with Crippen molar-refractivity contribution in [2.75, 3.05) is 10.6 Å². The maximum absolute atomic E-state index is 12.9. The fourth-order valence-corrected chi connectivity index (χ4v) is 3.08. The van der Waals surface area contributed by atoms with Crippen molar-refractivity contribution >= 4 is 34.6 Å². The molecule has 0 radical (unpaired) electrons. The quantitative estimate of drug-likeness (QED) is 0.587. The fourth-order valence-electron chi connectivity index (χ4n) is 2.41. The van der Waals surface area contributed by atoms with Gasteiger partial charge in [0, 0.05) is 11.4 Å². The Hall–Kier alpha value is -3.33. The second-order valence-corrected chi connectivity index (χ2v) is 6.84. The third-order valence-corrected chi connectivity index (χ3v) is 4.73. The predicted molar refractivity (Wildman–Crippen MR) is 106 cm³/mol. The number of amides is 3. The third kappa shape index (κ3) is 5.10. The lowest BCUT2D eigenvalue weighted by Gasteiger charge is -2.09. The summed E-state index contributed by atoms with van der Waals surface area (Å²) in [5.74, 6) is -0.834. The van der Waals surface area contributed by atoms with Crippen molar-refractivity contribution in [1.82, 2.24) is 15.5 Å². The molecule has 0 aliphatic heterocycles. The Morgan fingerprint density at radius 2 is 1.79 bits per heavy atom. The Balaban J connectivity index is 1.53. The Morgan fingerprint density at radius 1 is 1.04 bits per heavy atom. The van der Waals surface area contributed by atoms with Gasteiger partial charge in [0.05, 0.1) is 6.54 Å². The maximum atomic E-state index is 12.9. The highest BCUT2D eigenvalue weighted by atomic mass is 32.1. The molecule has 28 heavy (non-hydrogen) atoms. The first-order chi connectivity index (χ1) is 13.5. The summed E-state index contributed by atoms with van der Waals surface area (Å²) in [6.45, 7) is 2.15. The summed E-state index contributed by atoms with van der Waals surface area (Å²) in [5.41, 5.74) is 2.24. The Labute approximate surface area is 165 Å². The zero-order valence-corrected chi connectivity index (χ0v) is 15.8. The van der Waals surface area contributed by atoms with Crippen molar-refractivity contribution in [3.05, 3.63) is 69.9 Å². The van der Waals surface area contributed by atoms with E-state index in [1.54, 1.807) is 0 Å². The van der Waals surface area contributed by atoms with E-state index in [1.807, 2.05) is 31.2 Å².